The maximum atomic E-state index is 13.4. The van der Waals surface area contributed by atoms with E-state index in [9.17, 15) is 9.18 Å². The van der Waals surface area contributed by atoms with Gasteiger partial charge in [-0.3, -0.25) is 9.69 Å². The average molecular weight is 373 g/mol. The molecular formula is C20H24FN3O3. The Bertz CT molecular complexity index is 839. The molecular weight excluding hydrogens is 349 g/mol. The lowest BCUT2D eigenvalue weighted by Crippen LogP contribution is -2.44. The van der Waals surface area contributed by atoms with Crippen molar-refractivity contribution in [1.82, 2.24) is 15.1 Å². The second kappa shape index (κ2) is 7.03. The van der Waals surface area contributed by atoms with E-state index >= 15 is 0 Å². The number of fused-ring (bicyclic) bond motifs is 2. The molecule has 0 N–H and O–H groups in total. The molecule has 1 aromatic heterocycles. The van der Waals surface area contributed by atoms with Gasteiger partial charge in [0.1, 0.15) is 5.82 Å². The monoisotopic (exact) mass is 373 g/mol. The largest absolute Gasteiger partial charge is 0.466 e. The van der Waals surface area contributed by atoms with Crippen LogP contribution < -0.4 is 0 Å². The van der Waals surface area contributed by atoms with E-state index in [0.29, 0.717) is 36.5 Å². The molecule has 2 aliphatic rings. The normalized spacial score (nSPS) is 27.2. The molecule has 3 atom stereocenters. The molecule has 2 bridgehead atoms. The van der Waals surface area contributed by atoms with Crippen LogP contribution in [0.25, 0.3) is 11.5 Å². The van der Waals surface area contributed by atoms with Gasteiger partial charge in [0.05, 0.1) is 18.6 Å². The Kier molecular flexibility index (Phi) is 4.72. The van der Waals surface area contributed by atoms with Crippen LogP contribution in [0, 0.1) is 11.2 Å². The lowest BCUT2D eigenvalue weighted by atomic mass is 9.72. The van der Waals surface area contributed by atoms with Crippen LogP contribution in [0.3, 0.4) is 0 Å². The fourth-order valence-corrected chi connectivity index (χ4v) is 4.78. The molecule has 27 heavy (non-hydrogen) atoms. The highest BCUT2D eigenvalue weighted by Crippen LogP contribution is 2.52. The van der Waals surface area contributed by atoms with E-state index in [4.69, 9.17) is 9.15 Å². The molecule has 0 unspecified atom stereocenters. The Morgan fingerprint density at radius 1 is 1.37 bits per heavy atom. The zero-order chi connectivity index (χ0) is 19.0. The van der Waals surface area contributed by atoms with Crippen LogP contribution >= 0.6 is 0 Å². The number of nitrogens with zero attached hydrogens (tertiary/aromatic N) is 3. The number of benzene rings is 1. The number of carbonyl (C=O) groups excluding carboxylic acids is 1. The first kappa shape index (κ1) is 18.1. The first-order chi connectivity index (χ1) is 13.1. The smallest absolute Gasteiger partial charge is 0.313 e. The summed E-state index contributed by atoms with van der Waals surface area (Å²) in [6, 6.07) is 6.56. The third kappa shape index (κ3) is 3.04. The molecule has 4 rings (SSSR count). The molecule has 6 nitrogen and oxygen atoms in total. The van der Waals surface area contributed by atoms with Crippen molar-refractivity contribution in [2.75, 3.05) is 6.61 Å². The second-order valence-corrected chi connectivity index (χ2v) is 7.36. The lowest BCUT2D eigenvalue weighted by Gasteiger charge is -2.34. The van der Waals surface area contributed by atoms with Crippen molar-refractivity contribution in [3.05, 3.63) is 36.0 Å². The summed E-state index contributed by atoms with van der Waals surface area (Å²) < 4.78 is 24.6. The molecule has 2 aliphatic heterocycles. The summed E-state index contributed by atoms with van der Waals surface area (Å²) in [5.41, 5.74) is 0.122. The Hall–Kier alpha value is -2.28. The van der Waals surface area contributed by atoms with E-state index in [1.807, 2.05) is 6.92 Å². The highest BCUT2D eigenvalue weighted by molar-refractivity contribution is 5.78. The SMILES string of the molecule is CCOC(=O)[C@@]1(CC)C[C@H]2CC[C@@H]1N2Cc1nnc(-c2cccc(F)c2)o1. The second-order valence-electron chi connectivity index (χ2n) is 7.36. The Morgan fingerprint density at radius 2 is 2.22 bits per heavy atom. The Morgan fingerprint density at radius 3 is 2.96 bits per heavy atom. The van der Waals surface area contributed by atoms with Gasteiger partial charge in [0, 0.05) is 17.6 Å². The van der Waals surface area contributed by atoms with Gasteiger partial charge < -0.3 is 9.15 Å². The minimum Gasteiger partial charge on any atom is -0.466 e. The van der Waals surface area contributed by atoms with Crippen LogP contribution in [-0.4, -0.2) is 39.8 Å². The van der Waals surface area contributed by atoms with Crippen LogP contribution in [-0.2, 0) is 16.1 Å². The molecule has 2 aromatic rings. The van der Waals surface area contributed by atoms with Gasteiger partial charge in [-0.15, -0.1) is 10.2 Å². The maximum absolute atomic E-state index is 13.4. The molecule has 2 fully saturated rings. The van der Waals surface area contributed by atoms with Crippen LogP contribution in [0.15, 0.2) is 28.7 Å². The van der Waals surface area contributed by atoms with Crippen molar-refractivity contribution < 1.29 is 18.3 Å². The zero-order valence-corrected chi connectivity index (χ0v) is 15.7. The molecule has 0 saturated carbocycles. The summed E-state index contributed by atoms with van der Waals surface area (Å²) in [6.07, 6.45) is 3.62. The number of aromatic nitrogens is 2. The molecule has 144 valence electrons. The van der Waals surface area contributed by atoms with Crippen LogP contribution in [0.2, 0.25) is 0 Å². The summed E-state index contributed by atoms with van der Waals surface area (Å²) in [7, 11) is 0. The van der Waals surface area contributed by atoms with E-state index in [1.165, 1.54) is 12.1 Å². The minimum atomic E-state index is -0.440. The van der Waals surface area contributed by atoms with E-state index in [0.717, 1.165) is 25.7 Å². The molecule has 2 saturated heterocycles. The van der Waals surface area contributed by atoms with Crippen molar-refractivity contribution in [2.24, 2.45) is 5.41 Å². The lowest BCUT2D eigenvalue weighted by molar-refractivity contribution is -0.157. The first-order valence-electron chi connectivity index (χ1n) is 9.58. The van der Waals surface area contributed by atoms with Crippen molar-refractivity contribution in [2.45, 2.75) is 58.2 Å². The number of hydrogen-bond acceptors (Lipinski definition) is 6. The highest BCUT2D eigenvalue weighted by Gasteiger charge is 2.59. The zero-order valence-electron chi connectivity index (χ0n) is 15.7. The van der Waals surface area contributed by atoms with Gasteiger partial charge in [-0.05, 0) is 50.8 Å². The fourth-order valence-electron chi connectivity index (χ4n) is 4.78. The topological polar surface area (TPSA) is 68.5 Å². The molecule has 0 spiro atoms. The standard InChI is InChI=1S/C20H24FN3O3/c1-3-20(19(25)26-4-2)11-15-8-9-16(20)24(15)12-17-22-23-18(27-17)13-6-5-7-14(21)10-13/h5-7,10,15-16H,3-4,8-9,11-12H2,1-2H3/t15-,16+,20+/m1/s1. The number of esters is 1. The summed E-state index contributed by atoms with van der Waals surface area (Å²) in [6.45, 7) is 4.81. The van der Waals surface area contributed by atoms with E-state index in [2.05, 4.69) is 22.0 Å². The molecule has 7 heteroatoms. The highest BCUT2D eigenvalue weighted by atomic mass is 19.1. The van der Waals surface area contributed by atoms with Gasteiger partial charge in [-0.25, -0.2) is 4.39 Å². The Balaban J connectivity index is 1.53. The fraction of sp³-hybridized carbons (Fsp3) is 0.550. The number of carbonyl (C=O) groups is 1. The van der Waals surface area contributed by atoms with Crippen molar-refractivity contribution >= 4 is 5.97 Å². The van der Waals surface area contributed by atoms with E-state index in [1.54, 1.807) is 12.1 Å². The Labute approximate surface area is 157 Å². The van der Waals surface area contributed by atoms with Gasteiger partial charge in [0.15, 0.2) is 0 Å². The average Bonchev–Trinajstić information content (AvgIpc) is 3.37. The van der Waals surface area contributed by atoms with Crippen molar-refractivity contribution in [1.29, 1.82) is 0 Å². The molecule has 0 radical (unpaired) electrons. The van der Waals surface area contributed by atoms with Gasteiger partial charge >= 0.3 is 5.97 Å². The molecule has 3 heterocycles. The summed E-state index contributed by atoms with van der Waals surface area (Å²) in [5.74, 6) is 0.368. The van der Waals surface area contributed by atoms with E-state index < -0.39 is 5.41 Å². The maximum Gasteiger partial charge on any atom is 0.313 e. The van der Waals surface area contributed by atoms with Gasteiger partial charge in [0.25, 0.3) is 0 Å². The number of rotatable bonds is 6. The van der Waals surface area contributed by atoms with Crippen LogP contribution in [0.1, 0.15) is 45.4 Å². The van der Waals surface area contributed by atoms with Gasteiger partial charge in [-0.2, -0.15) is 0 Å². The van der Waals surface area contributed by atoms with Gasteiger partial charge in [0.2, 0.25) is 11.8 Å². The summed E-state index contributed by atoms with van der Waals surface area (Å²) in [5, 5.41) is 8.20. The third-order valence-electron chi connectivity index (χ3n) is 6.05. The summed E-state index contributed by atoms with van der Waals surface area (Å²) in [4.78, 5) is 15.0. The van der Waals surface area contributed by atoms with Crippen molar-refractivity contribution in [3.8, 4) is 11.5 Å². The van der Waals surface area contributed by atoms with Crippen LogP contribution in [0.5, 0.6) is 0 Å². The number of halogens is 1. The predicted molar refractivity (Wildman–Crippen MR) is 96.0 cm³/mol. The molecule has 0 amide bonds. The number of ether oxygens (including phenoxy) is 1. The van der Waals surface area contributed by atoms with Crippen LogP contribution in [0.4, 0.5) is 4.39 Å². The molecule has 0 aliphatic carbocycles. The van der Waals surface area contributed by atoms with E-state index in [-0.39, 0.29) is 17.8 Å². The van der Waals surface area contributed by atoms with Crippen molar-refractivity contribution in [3.63, 3.8) is 0 Å². The summed E-state index contributed by atoms with van der Waals surface area (Å²) >= 11 is 0. The van der Waals surface area contributed by atoms with Gasteiger partial charge in [-0.1, -0.05) is 13.0 Å². The predicted octanol–water partition coefficient (Wildman–Crippen LogP) is 3.57. The first-order valence-corrected chi connectivity index (χ1v) is 9.58. The third-order valence-corrected chi connectivity index (χ3v) is 6.05. The number of hydrogen-bond donors (Lipinski definition) is 0. The molecule has 1 aromatic carbocycles. The quantitative estimate of drug-likeness (QED) is 0.721. The minimum absolute atomic E-state index is 0.0873.